The number of hydrogen-bond acceptors (Lipinski definition) is 2. The molecule has 96 valence electrons. The van der Waals surface area contributed by atoms with Crippen molar-refractivity contribution in [3.05, 3.63) is 39.1 Å². The summed E-state index contributed by atoms with van der Waals surface area (Å²) in [5.74, 6) is 0. The first-order chi connectivity index (χ1) is 8.44. The van der Waals surface area contributed by atoms with Crippen molar-refractivity contribution in [1.82, 2.24) is 4.98 Å². The molecular formula is C12H9BrF3NS. The van der Waals surface area contributed by atoms with Crippen LogP contribution in [-0.2, 0) is 6.42 Å². The van der Waals surface area contributed by atoms with Gasteiger partial charge in [-0.1, -0.05) is 28.1 Å². The fraction of sp³-hybridized carbons (Fsp3) is 0.250. The largest absolute Gasteiger partial charge is 0.389 e. The van der Waals surface area contributed by atoms with Gasteiger partial charge in [0.2, 0.25) is 0 Å². The van der Waals surface area contributed by atoms with E-state index >= 15 is 0 Å². The molecule has 0 aliphatic rings. The van der Waals surface area contributed by atoms with Crippen LogP contribution < -0.4 is 0 Å². The third-order valence-electron chi connectivity index (χ3n) is 2.31. The zero-order valence-corrected chi connectivity index (χ0v) is 11.6. The number of alkyl halides is 3. The highest BCUT2D eigenvalue weighted by Crippen LogP contribution is 2.27. The minimum atomic E-state index is -4.12. The molecule has 0 bridgehead atoms. The SMILES string of the molecule is FC(F)(F)CCc1nc(-c2ccc(Br)cc2)cs1. The number of rotatable bonds is 3. The second-order valence-electron chi connectivity index (χ2n) is 3.75. The van der Waals surface area contributed by atoms with Crippen molar-refractivity contribution in [3.63, 3.8) is 0 Å². The van der Waals surface area contributed by atoms with Crippen molar-refractivity contribution in [2.75, 3.05) is 0 Å². The lowest BCUT2D eigenvalue weighted by atomic mass is 10.2. The fourth-order valence-corrected chi connectivity index (χ4v) is 2.50. The van der Waals surface area contributed by atoms with E-state index < -0.39 is 12.6 Å². The van der Waals surface area contributed by atoms with Crippen LogP contribution in [0.5, 0.6) is 0 Å². The number of hydrogen-bond donors (Lipinski definition) is 0. The molecule has 0 fully saturated rings. The van der Waals surface area contributed by atoms with Gasteiger partial charge >= 0.3 is 6.18 Å². The van der Waals surface area contributed by atoms with Crippen LogP contribution in [0, 0.1) is 0 Å². The van der Waals surface area contributed by atoms with Crippen molar-refractivity contribution < 1.29 is 13.2 Å². The van der Waals surface area contributed by atoms with Crippen LogP contribution in [-0.4, -0.2) is 11.2 Å². The Hall–Kier alpha value is -0.880. The molecule has 0 aliphatic carbocycles. The molecule has 0 radical (unpaired) electrons. The van der Waals surface area contributed by atoms with Crippen molar-refractivity contribution in [1.29, 1.82) is 0 Å². The lowest BCUT2D eigenvalue weighted by Gasteiger charge is -2.03. The van der Waals surface area contributed by atoms with E-state index in [1.807, 2.05) is 24.3 Å². The van der Waals surface area contributed by atoms with Crippen LogP contribution in [0.25, 0.3) is 11.3 Å². The molecule has 18 heavy (non-hydrogen) atoms. The number of benzene rings is 1. The molecule has 0 saturated carbocycles. The van der Waals surface area contributed by atoms with Crippen LogP contribution in [0.4, 0.5) is 13.2 Å². The van der Waals surface area contributed by atoms with Gasteiger partial charge in [-0.15, -0.1) is 11.3 Å². The second-order valence-corrected chi connectivity index (χ2v) is 5.61. The Balaban J connectivity index is 2.08. The van der Waals surface area contributed by atoms with E-state index in [1.165, 1.54) is 11.3 Å². The lowest BCUT2D eigenvalue weighted by molar-refractivity contribution is -0.133. The molecule has 0 amide bonds. The van der Waals surface area contributed by atoms with Gasteiger partial charge in [0.15, 0.2) is 0 Å². The Morgan fingerprint density at radius 1 is 1.17 bits per heavy atom. The van der Waals surface area contributed by atoms with Gasteiger partial charge in [0.25, 0.3) is 0 Å². The zero-order chi connectivity index (χ0) is 13.2. The predicted molar refractivity (Wildman–Crippen MR) is 69.6 cm³/mol. The average molecular weight is 336 g/mol. The highest BCUT2D eigenvalue weighted by Gasteiger charge is 2.27. The van der Waals surface area contributed by atoms with E-state index in [9.17, 15) is 13.2 Å². The molecule has 0 N–H and O–H groups in total. The Morgan fingerprint density at radius 3 is 2.44 bits per heavy atom. The van der Waals surface area contributed by atoms with E-state index in [2.05, 4.69) is 20.9 Å². The maximum absolute atomic E-state index is 12.1. The highest BCUT2D eigenvalue weighted by molar-refractivity contribution is 9.10. The minimum absolute atomic E-state index is 0.0509. The molecule has 0 atom stereocenters. The predicted octanol–water partition coefficient (Wildman–Crippen LogP) is 5.07. The van der Waals surface area contributed by atoms with Crippen molar-refractivity contribution in [2.24, 2.45) is 0 Å². The molecule has 0 spiro atoms. The lowest BCUT2D eigenvalue weighted by Crippen LogP contribution is -2.08. The second kappa shape index (κ2) is 5.40. The number of aryl methyl sites for hydroxylation is 1. The maximum atomic E-state index is 12.1. The summed E-state index contributed by atoms with van der Waals surface area (Å²) in [5.41, 5.74) is 1.64. The molecule has 0 saturated heterocycles. The normalized spacial score (nSPS) is 11.8. The first kappa shape index (κ1) is 13.5. The minimum Gasteiger partial charge on any atom is -0.241 e. The average Bonchev–Trinajstić information content (AvgIpc) is 2.75. The molecular weight excluding hydrogens is 327 g/mol. The zero-order valence-electron chi connectivity index (χ0n) is 9.17. The van der Waals surface area contributed by atoms with Gasteiger partial charge in [0.05, 0.1) is 10.7 Å². The molecule has 6 heteroatoms. The van der Waals surface area contributed by atoms with Crippen molar-refractivity contribution in [3.8, 4) is 11.3 Å². The topological polar surface area (TPSA) is 12.9 Å². The van der Waals surface area contributed by atoms with Gasteiger partial charge in [-0.25, -0.2) is 4.98 Å². The molecule has 1 aromatic carbocycles. The standard InChI is InChI=1S/C12H9BrF3NS/c13-9-3-1-8(2-4-9)10-7-18-11(17-10)5-6-12(14,15)16/h1-4,7H,5-6H2. The van der Waals surface area contributed by atoms with E-state index in [-0.39, 0.29) is 6.42 Å². The number of thiazole rings is 1. The quantitative estimate of drug-likeness (QED) is 0.763. The van der Waals surface area contributed by atoms with Crippen LogP contribution in [0.15, 0.2) is 34.1 Å². The number of aromatic nitrogens is 1. The van der Waals surface area contributed by atoms with Gasteiger partial charge in [0, 0.05) is 28.3 Å². The van der Waals surface area contributed by atoms with Gasteiger partial charge < -0.3 is 0 Å². The third-order valence-corrected chi connectivity index (χ3v) is 3.75. The van der Waals surface area contributed by atoms with Crippen molar-refractivity contribution in [2.45, 2.75) is 19.0 Å². The monoisotopic (exact) mass is 335 g/mol. The van der Waals surface area contributed by atoms with E-state index in [0.29, 0.717) is 5.01 Å². The summed E-state index contributed by atoms with van der Waals surface area (Å²) in [6.45, 7) is 0. The summed E-state index contributed by atoms with van der Waals surface area (Å²) in [4.78, 5) is 4.22. The van der Waals surface area contributed by atoms with Crippen molar-refractivity contribution >= 4 is 27.3 Å². The first-order valence-electron chi connectivity index (χ1n) is 5.21. The molecule has 0 aliphatic heterocycles. The first-order valence-corrected chi connectivity index (χ1v) is 6.88. The van der Waals surface area contributed by atoms with Crippen LogP contribution in [0.2, 0.25) is 0 Å². The Bertz CT molecular complexity index is 519. The van der Waals surface area contributed by atoms with Gasteiger partial charge in [-0.3, -0.25) is 0 Å². The highest BCUT2D eigenvalue weighted by atomic mass is 79.9. The summed E-state index contributed by atoms with van der Waals surface area (Å²) in [7, 11) is 0. The summed E-state index contributed by atoms with van der Waals surface area (Å²) in [5, 5.41) is 2.31. The smallest absolute Gasteiger partial charge is 0.241 e. The maximum Gasteiger partial charge on any atom is 0.389 e. The summed E-state index contributed by atoms with van der Waals surface area (Å²) >= 11 is 4.59. The molecule has 2 rings (SSSR count). The Morgan fingerprint density at radius 2 is 1.83 bits per heavy atom. The number of halogens is 4. The Kier molecular flexibility index (Phi) is 4.07. The number of nitrogens with zero attached hydrogens (tertiary/aromatic N) is 1. The Labute approximate surface area is 115 Å². The molecule has 0 unspecified atom stereocenters. The van der Waals surface area contributed by atoms with E-state index in [4.69, 9.17) is 0 Å². The fourth-order valence-electron chi connectivity index (χ4n) is 1.43. The van der Waals surface area contributed by atoms with E-state index in [0.717, 1.165) is 15.7 Å². The van der Waals surface area contributed by atoms with E-state index in [1.54, 1.807) is 5.38 Å². The van der Waals surface area contributed by atoms with Gasteiger partial charge in [-0.2, -0.15) is 13.2 Å². The molecule has 2 aromatic rings. The molecule has 1 aromatic heterocycles. The van der Waals surface area contributed by atoms with Gasteiger partial charge in [-0.05, 0) is 12.1 Å². The summed E-state index contributed by atoms with van der Waals surface area (Å²) < 4.78 is 37.2. The third kappa shape index (κ3) is 3.81. The summed E-state index contributed by atoms with van der Waals surface area (Å²) in [6.07, 6.45) is -4.99. The van der Waals surface area contributed by atoms with Crippen LogP contribution in [0.1, 0.15) is 11.4 Å². The van der Waals surface area contributed by atoms with Crippen LogP contribution in [0.3, 0.4) is 0 Å². The summed E-state index contributed by atoms with van der Waals surface area (Å²) in [6, 6.07) is 7.52. The molecule has 1 nitrogen and oxygen atoms in total. The molecule has 1 heterocycles. The van der Waals surface area contributed by atoms with Gasteiger partial charge in [0.1, 0.15) is 0 Å². The van der Waals surface area contributed by atoms with Crippen LogP contribution >= 0.6 is 27.3 Å².